The molecule has 3 N–H and O–H groups in total. The van der Waals surface area contributed by atoms with Crippen molar-refractivity contribution in [3.63, 3.8) is 0 Å². The van der Waals surface area contributed by atoms with Gasteiger partial charge in [0.15, 0.2) is 0 Å². The van der Waals surface area contributed by atoms with E-state index in [2.05, 4.69) is 31.3 Å². The number of esters is 1. The van der Waals surface area contributed by atoms with Gasteiger partial charge in [-0.3, -0.25) is 9.59 Å². The number of amides is 1. The number of unbranched alkanes of at least 4 members (excludes halogenated alkanes) is 46. The number of nitrogens with one attached hydrogen (secondary N) is 1. The van der Waals surface area contributed by atoms with Gasteiger partial charge in [0, 0.05) is 12.8 Å². The van der Waals surface area contributed by atoms with Gasteiger partial charge in [0.2, 0.25) is 5.91 Å². The van der Waals surface area contributed by atoms with Crippen molar-refractivity contribution in [2.75, 3.05) is 13.2 Å². The van der Waals surface area contributed by atoms with Gasteiger partial charge in [0.05, 0.1) is 25.4 Å². The normalized spacial score (nSPS) is 12.6. The van der Waals surface area contributed by atoms with Crippen LogP contribution in [0.15, 0.2) is 12.2 Å². The maximum Gasteiger partial charge on any atom is 0.305 e. The lowest BCUT2D eigenvalue weighted by Crippen LogP contribution is -2.45. The molecule has 2 atom stereocenters. The number of rotatable bonds is 59. The number of hydrogen-bond donors (Lipinski definition) is 3. The van der Waals surface area contributed by atoms with E-state index in [0.717, 1.165) is 44.9 Å². The molecule has 0 aliphatic heterocycles. The summed E-state index contributed by atoms with van der Waals surface area (Å²) in [6.07, 6.45) is 70.8. The van der Waals surface area contributed by atoms with Crippen molar-refractivity contribution in [1.82, 2.24) is 5.32 Å². The van der Waals surface area contributed by atoms with E-state index >= 15 is 0 Å². The molecular formula is C63H123NO5. The van der Waals surface area contributed by atoms with Gasteiger partial charge in [-0.15, -0.1) is 0 Å². The van der Waals surface area contributed by atoms with Crippen molar-refractivity contribution >= 4 is 11.9 Å². The number of hydrogen-bond acceptors (Lipinski definition) is 5. The molecule has 0 aromatic rings. The number of carbonyl (C=O) groups excluding carboxylic acids is 2. The van der Waals surface area contributed by atoms with Crippen LogP contribution in [0.25, 0.3) is 0 Å². The van der Waals surface area contributed by atoms with Crippen LogP contribution in [0.1, 0.15) is 354 Å². The second kappa shape index (κ2) is 59.2. The maximum absolute atomic E-state index is 12.5. The van der Waals surface area contributed by atoms with Crippen molar-refractivity contribution in [2.45, 2.75) is 366 Å². The highest BCUT2D eigenvalue weighted by Gasteiger charge is 2.20. The number of aliphatic hydroxyl groups is 2. The molecule has 0 radical (unpaired) electrons. The fourth-order valence-electron chi connectivity index (χ4n) is 9.99. The molecule has 2 unspecified atom stereocenters. The zero-order valence-electron chi connectivity index (χ0n) is 46.8. The summed E-state index contributed by atoms with van der Waals surface area (Å²) >= 11 is 0. The molecule has 0 heterocycles. The van der Waals surface area contributed by atoms with Crippen LogP contribution in [-0.2, 0) is 14.3 Å². The standard InChI is InChI=1S/C63H123NO5/c1-3-5-7-9-11-13-15-17-18-28-32-35-39-43-47-51-55-61(66)60(59-65)64-62(67)56-52-48-44-40-36-33-29-26-24-22-20-19-21-23-25-27-30-34-38-42-46-50-54-58-69-63(68)57-53-49-45-41-37-31-16-14-12-10-8-6-4-2/h14,16,60-61,65-66H,3-13,15,17-59H2,1-2H3,(H,64,67)/b16-14-. The Labute approximate surface area is 431 Å². The first-order valence-corrected chi connectivity index (χ1v) is 31.4. The Morgan fingerprint density at radius 1 is 0.391 bits per heavy atom. The molecule has 0 rings (SSSR count). The van der Waals surface area contributed by atoms with Crippen molar-refractivity contribution in [2.24, 2.45) is 0 Å². The Morgan fingerprint density at radius 2 is 0.681 bits per heavy atom. The molecule has 0 aliphatic carbocycles. The van der Waals surface area contributed by atoms with E-state index in [-0.39, 0.29) is 18.5 Å². The highest BCUT2D eigenvalue weighted by atomic mass is 16.5. The van der Waals surface area contributed by atoms with Gasteiger partial charge >= 0.3 is 5.97 Å². The van der Waals surface area contributed by atoms with E-state index in [4.69, 9.17) is 4.74 Å². The van der Waals surface area contributed by atoms with E-state index in [1.54, 1.807) is 0 Å². The first-order chi connectivity index (χ1) is 34.0. The van der Waals surface area contributed by atoms with E-state index in [0.29, 0.717) is 25.9 Å². The summed E-state index contributed by atoms with van der Waals surface area (Å²) in [5.41, 5.74) is 0. The van der Waals surface area contributed by atoms with Gasteiger partial charge < -0.3 is 20.3 Å². The molecule has 1 amide bonds. The van der Waals surface area contributed by atoms with Crippen LogP contribution in [0.2, 0.25) is 0 Å². The van der Waals surface area contributed by atoms with Gasteiger partial charge in [-0.25, -0.2) is 0 Å². The summed E-state index contributed by atoms with van der Waals surface area (Å²) in [4.78, 5) is 24.5. The van der Waals surface area contributed by atoms with Crippen LogP contribution < -0.4 is 5.32 Å². The van der Waals surface area contributed by atoms with Crippen molar-refractivity contribution in [3.05, 3.63) is 12.2 Å². The molecule has 410 valence electrons. The lowest BCUT2D eigenvalue weighted by molar-refractivity contribution is -0.143. The summed E-state index contributed by atoms with van der Waals surface area (Å²) in [7, 11) is 0. The minimum Gasteiger partial charge on any atom is -0.466 e. The number of allylic oxidation sites excluding steroid dienone is 2. The Balaban J connectivity index is 3.37. The molecule has 69 heavy (non-hydrogen) atoms. The van der Waals surface area contributed by atoms with E-state index in [1.165, 1.54) is 276 Å². The van der Waals surface area contributed by atoms with Crippen molar-refractivity contribution in [1.29, 1.82) is 0 Å². The molecule has 0 aromatic carbocycles. The highest BCUT2D eigenvalue weighted by Crippen LogP contribution is 2.18. The molecule has 0 bridgehead atoms. The monoisotopic (exact) mass is 974 g/mol. The Bertz CT molecular complexity index is 1030. The maximum atomic E-state index is 12.5. The molecule has 0 aliphatic rings. The summed E-state index contributed by atoms with van der Waals surface area (Å²) in [5, 5.41) is 23.3. The van der Waals surface area contributed by atoms with Crippen LogP contribution in [0.3, 0.4) is 0 Å². The largest absolute Gasteiger partial charge is 0.466 e. The molecule has 0 aromatic heterocycles. The first kappa shape index (κ1) is 67.6. The predicted octanol–water partition coefficient (Wildman–Crippen LogP) is 19.6. The second-order valence-corrected chi connectivity index (χ2v) is 21.7. The smallest absolute Gasteiger partial charge is 0.305 e. The summed E-state index contributed by atoms with van der Waals surface area (Å²) < 4.78 is 5.47. The van der Waals surface area contributed by atoms with E-state index in [1.807, 2.05) is 0 Å². The third kappa shape index (κ3) is 55.8. The average Bonchev–Trinajstić information content (AvgIpc) is 3.35. The van der Waals surface area contributed by atoms with Crippen molar-refractivity contribution in [3.8, 4) is 0 Å². The zero-order valence-corrected chi connectivity index (χ0v) is 46.8. The van der Waals surface area contributed by atoms with E-state index in [9.17, 15) is 19.8 Å². The SMILES string of the molecule is CCCCCC/C=C\CCCCCCCC(=O)OCCCCCCCCCCCCCCCCCCCCCCCCCC(=O)NC(CO)C(O)CCCCCCCCCCCCCCCCCC. The molecule has 0 fully saturated rings. The second-order valence-electron chi connectivity index (χ2n) is 21.7. The molecule has 6 nitrogen and oxygen atoms in total. The quantitative estimate of drug-likeness (QED) is 0.0321. The number of ether oxygens (including phenoxy) is 1. The van der Waals surface area contributed by atoms with Gasteiger partial charge in [-0.1, -0.05) is 302 Å². The predicted molar refractivity (Wildman–Crippen MR) is 301 cm³/mol. The summed E-state index contributed by atoms with van der Waals surface area (Å²) in [6.45, 7) is 4.96. The minimum absolute atomic E-state index is 0.00584. The highest BCUT2D eigenvalue weighted by molar-refractivity contribution is 5.76. The van der Waals surface area contributed by atoms with Crippen LogP contribution in [0.5, 0.6) is 0 Å². The number of aliphatic hydroxyl groups excluding tert-OH is 2. The molecule has 0 saturated carbocycles. The van der Waals surface area contributed by atoms with Gasteiger partial charge in [-0.2, -0.15) is 0 Å². The Hall–Kier alpha value is -1.40. The van der Waals surface area contributed by atoms with Crippen LogP contribution in [0.4, 0.5) is 0 Å². The molecule has 0 spiro atoms. The van der Waals surface area contributed by atoms with Crippen molar-refractivity contribution < 1.29 is 24.5 Å². The topological polar surface area (TPSA) is 95.9 Å². The Kier molecular flexibility index (Phi) is 58.0. The minimum atomic E-state index is -0.663. The summed E-state index contributed by atoms with van der Waals surface area (Å²) in [6, 6.07) is -0.540. The van der Waals surface area contributed by atoms with Gasteiger partial charge in [0.25, 0.3) is 0 Å². The fraction of sp³-hybridized carbons (Fsp3) is 0.937. The van der Waals surface area contributed by atoms with E-state index < -0.39 is 12.1 Å². The van der Waals surface area contributed by atoms with Crippen LogP contribution >= 0.6 is 0 Å². The lowest BCUT2D eigenvalue weighted by atomic mass is 10.0. The fourth-order valence-corrected chi connectivity index (χ4v) is 9.99. The van der Waals surface area contributed by atoms with Crippen LogP contribution in [0, 0.1) is 0 Å². The molecule has 6 heteroatoms. The molecule has 0 saturated heterocycles. The molecular weight excluding hydrogens is 851 g/mol. The first-order valence-electron chi connectivity index (χ1n) is 31.4. The third-order valence-corrected chi connectivity index (χ3v) is 14.8. The van der Waals surface area contributed by atoms with Crippen LogP contribution in [-0.4, -0.2) is 47.4 Å². The third-order valence-electron chi connectivity index (χ3n) is 14.8. The lowest BCUT2D eigenvalue weighted by Gasteiger charge is -2.22. The Morgan fingerprint density at radius 3 is 1.04 bits per heavy atom. The average molecular weight is 975 g/mol. The zero-order chi connectivity index (χ0) is 50.0. The number of carbonyl (C=O) groups is 2. The van der Waals surface area contributed by atoms with Gasteiger partial charge in [-0.05, 0) is 51.4 Å². The summed E-state index contributed by atoms with van der Waals surface area (Å²) in [5.74, 6) is -0.0258. The van der Waals surface area contributed by atoms with Gasteiger partial charge in [0.1, 0.15) is 0 Å².